The highest BCUT2D eigenvalue weighted by Crippen LogP contribution is 2.36. The first-order chi connectivity index (χ1) is 18.0. The molecule has 1 aromatic carbocycles. The van der Waals surface area contributed by atoms with Gasteiger partial charge in [0.2, 0.25) is 5.95 Å². The zero-order valence-corrected chi connectivity index (χ0v) is 19.7. The first-order valence-corrected chi connectivity index (χ1v) is 12.1. The Kier molecular flexibility index (Phi) is 5.69. The van der Waals surface area contributed by atoms with Gasteiger partial charge in [0, 0.05) is 31.6 Å². The Bertz CT molecular complexity index is 1510. The summed E-state index contributed by atoms with van der Waals surface area (Å²) in [6.07, 6.45) is 2.68. The SMILES string of the molecule is N#Cc1ccc2ccc(=O)n(CCN[C@@H]3CC[C@@H]4[C@@H](C3)OC(=O)N4c3ncc4c(n3)NC(=O)CO4)c2c1. The third-order valence-corrected chi connectivity index (χ3v) is 7.00. The number of ether oxygens (including phenoxy) is 2. The molecular weight excluding hydrogens is 478 g/mol. The van der Waals surface area contributed by atoms with E-state index in [0.29, 0.717) is 37.2 Å². The summed E-state index contributed by atoms with van der Waals surface area (Å²) in [5.41, 5.74) is 1.10. The Labute approximate surface area is 210 Å². The first kappa shape index (κ1) is 22.9. The standard InChI is InChI=1S/C25H23N7O5/c26-11-14-1-2-15-3-6-22(34)31(18(15)9-14)8-7-27-16-4-5-17-19(10-16)37-25(35)32(17)24-28-12-20-23(30-24)29-21(33)13-36-20/h1-3,6,9,12,16-17,19,27H,4-5,7-8,10,13H2,(H,28,29,30,33)/t16-,17-,19-/m1/s1. The van der Waals surface area contributed by atoms with Crippen molar-refractivity contribution in [1.82, 2.24) is 19.9 Å². The molecule has 2 fully saturated rings. The Morgan fingerprint density at radius 2 is 2.05 bits per heavy atom. The maximum absolute atomic E-state index is 12.7. The van der Waals surface area contributed by atoms with Crippen LogP contribution < -0.4 is 25.8 Å². The van der Waals surface area contributed by atoms with Gasteiger partial charge in [0.15, 0.2) is 18.2 Å². The lowest BCUT2D eigenvalue weighted by molar-refractivity contribution is -0.118. The van der Waals surface area contributed by atoms with Gasteiger partial charge in [-0.25, -0.2) is 14.7 Å². The minimum absolute atomic E-state index is 0.101. The highest BCUT2D eigenvalue weighted by molar-refractivity contribution is 5.95. The molecule has 1 saturated heterocycles. The van der Waals surface area contributed by atoms with Gasteiger partial charge in [0.05, 0.1) is 29.4 Å². The van der Waals surface area contributed by atoms with Crippen LogP contribution in [-0.2, 0) is 16.1 Å². The highest BCUT2D eigenvalue weighted by Gasteiger charge is 2.47. The van der Waals surface area contributed by atoms with Crippen LogP contribution in [0.4, 0.5) is 16.6 Å². The van der Waals surface area contributed by atoms with Gasteiger partial charge in [-0.2, -0.15) is 10.2 Å². The number of amides is 2. The van der Waals surface area contributed by atoms with Crippen LogP contribution in [-0.4, -0.2) is 57.9 Å². The number of fused-ring (bicyclic) bond motifs is 3. The van der Waals surface area contributed by atoms with E-state index in [-0.39, 0.29) is 48.0 Å². The number of hydrogen-bond acceptors (Lipinski definition) is 9. The summed E-state index contributed by atoms with van der Waals surface area (Å²) >= 11 is 0. The Morgan fingerprint density at radius 1 is 1.19 bits per heavy atom. The average Bonchev–Trinajstić information content (AvgIpc) is 3.24. The van der Waals surface area contributed by atoms with Crippen molar-refractivity contribution in [3.05, 3.63) is 52.4 Å². The van der Waals surface area contributed by atoms with Crippen molar-refractivity contribution < 1.29 is 19.1 Å². The van der Waals surface area contributed by atoms with Crippen molar-refractivity contribution in [3.63, 3.8) is 0 Å². The van der Waals surface area contributed by atoms with Crippen LogP contribution in [0.5, 0.6) is 5.75 Å². The van der Waals surface area contributed by atoms with Crippen LogP contribution in [0.15, 0.2) is 41.3 Å². The van der Waals surface area contributed by atoms with Crippen molar-refractivity contribution in [2.75, 3.05) is 23.4 Å². The van der Waals surface area contributed by atoms with Crippen LogP contribution in [0, 0.1) is 11.3 Å². The highest BCUT2D eigenvalue weighted by atomic mass is 16.6. The molecule has 2 aromatic heterocycles. The Morgan fingerprint density at radius 3 is 2.92 bits per heavy atom. The van der Waals surface area contributed by atoms with Crippen molar-refractivity contribution >= 4 is 34.7 Å². The Balaban J connectivity index is 1.11. The summed E-state index contributed by atoms with van der Waals surface area (Å²) in [5, 5.41) is 16.2. The monoisotopic (exact) mass is 501 g/mol. The molecule has 188 valence electrons. The molecule has 3 aromatic rings. The molecule has 2 amide bonds. The van der Waals surface area contributed by atoms with Gasteiger partial charge >= 0.3 is 6.09 Å². The van der Waals surface area contributed by atoms with E-state index in [1.807, 2.05) is 6.07 Å². The van der Waals surface area contributed by atoms with Crippen LogP contribution in [0.1, 0.15) is 24.8 Å². The van der Waals surface area contributed by atoms with Crippen molar-refractivity contribution in [1.29, 1.82) is 5.26 Å². The number of carbonyl (C=O) groups is 2. The van der Waals surface area contributed by atoms with E-state index in [1.54, 1.807) is 22.8 Å². The van der Waals surface area contributed by atoms with E-state index in [2.05, 4.69) is 26.7 Å². The fourth-order valence-corrected chi connectivity index (χ4v) is 5.23. The van der Waals surface area contributed by atoms with Gasteiger partial charge in [-0.1, -0.05) is 6.07 Å². The molecule has 0 radical (unpaired) electrons. The second-order valence-corrected chi connectivity index (χ2v) is 9.25. The predicted octanol–water partition coefficient (Wildman–Crippen LogP) is 1.53. The number of aromatic nitrogens is 3. The second kappa shape index (κ2) is 9.18. The molecule has 2 N–H and O–H groups in total. The lowest BCUT2D eigenvalue weighted by Gasteiger charge is -2.32. The number of rotatable bonds is 5. The summed E-state index contributed by atoms with van der Waals surface area (Å²) in [5.74, 6) is 0.440. The third-order valence-electron chi connectivity index (χ3n) is 7.00. The molecule has 1 aliphatic carbocycles. The second-order valence-electron chi connectivity index (χ2n) is 9.25. The molecule has 12 heteroatoms. The van der Waals surface area contributed by atoms with E-state index in [0.717, 1.165) is 17.3 Å². The summed E-state index contributed by atoms with van der Waals surface area (Å²) in [6, 6.07) is 10.6. The van der Waals surface area contributed by atoms with E-state index >= 15 is 0 Å². The summed E-state index contributed by atoms with van der Waals surface area (Å²) < 4.78 is 12.6. The molecule has 37 heavy (non-hydrogen) atoms. The number of carbonyl (C=O) groups excluding carboxylic acids is 2. The molecule has 6 rings (SSSR count). The van der Waals surface area contributed by atoms with Gasteiger partial charge in [-0.05, 0) is 36.4 Å². The maximum atomic E-state index is 12.7. The van der Waals surface area contributed by atoms with Gasteiger partial charge in [-0.3, -0.25) is 9.59 Å². The lowest BCUT2D eigenvalue weighted by Crippen LogP contribution is -2.47. The number of anilines is 2. The van der Waals surface area contributed by atoms with Crippen molar-refractivity contribution in [2.45, 2.75) is 44.0 Å². The zero-order valence-electron chi connectivity index (χ0n) is 19.7. The quantitative estimate of drug-likeness (QED) is 0.530. The number of nitrogens with zero attached hydrogens (tertiary/aromatic N) is 5. The zero-order chi connectivity index (χ0) is 25.5. The van der Waals surface area contributed by atoms with E-state index in [4.69, 9.17) is 9.47 Å². The van der Waals surface area contributed by atoms with E-state index in [9.17, 15) is 19.6 Å². The fraction of sp³-hybridized carbons (Fsp3) is 0.360. The average molecular weight is 502 g/mol. The van der Waals surface area contributed by atoms with Crippen LogP contribution in [0.2, 0.25) is 0 Å². The predicted molar refractivity (Wildman–Crippen MR) is 131 cm³/mol. The van der Waals surface area contributed by atoms with Gasteiger partial charge in [0.1, 0.15) is 6.10 Å². The summed E-state index contributed by atoms with van der Waals surface area (Å²) in [4.78, 5) is 46.9. The molecule has 0 spiro atoms. The van der Waals surface area contributed by atoms with Crippen LogP contribution in [0.3, 0.4) is 0 Å². The number of pyridine rings is 1. The smallest absolute Gasteiger partial charge is 0.417 e. The van der Waals surface area contributed by atoms with E-state index in [1.165, 1.54) is 17.2 Å². The number of nitriles is 1. The molecule has 3 aliphatic rings. The maximum Gasteiger partial charge on any atom is 0.417 e. The number of nitrogens with one attached hydrogen (secondary N) is 2. The molecule has 2 aliphatic heterocycles. The summed E-state index contributed by atoms with van der Waals surface area (Å²) in [6.45, 7) is 0.887. The third kappa shape index (κ3) is 4.23. The normalized spacial score (nSPS) is 22.5. The molecule has 0 unspecified atom stereocenters. The minimum Gasteiger partial charge on any atom is -0.478 e. The Hall–Kier alpha value is -4.50. The molecular formula is C25H23N7O5. The van der Waals surface area contributed by atoms with Crippen molar-refractivity contribution in [3.8, 4) is 11.8 Å². The molecule has 3 atom stereocenters. The van der Waals surface area contributed by atoms with Crippen molar-refractivity contribution in [2.24, 2.45) is 0 Å². The summed E-state index contributed by atoms with van der Waals surface area (Å²) in [7, 11) is 0. The first-order valence-electron chi connectivity index (χ1n) is 12.1. The fourth-order valence-electron chi connectivity index (χ4n) is 5.23. The molecule has 1 saturated carbocycles. The lowest BCUT2D eigenvalue weighted by atomic mass is 9.88. The van der Waals surface area contributed by atoms with Crippen LogP contribution >= 0.6 is 0 Å². The van der Waals surface area contributed by atoms with Gasteiger partial charge < -0.3 is 24.7 Å². The van der Waals surface area contributed by atoms with Gasteiger partial charge in [-0.15, -0.1) is 0 Å². The largest absolute Gasteiger partial charge is 0.478 e. The van der Waals surface area contributed by atoms with Crippen LogP contribution in [0.25, 0.3) is 10.9 Å². The van der Waals surface area contributed by atoms with Gasteiger partial charge in [0.25, 0.3) is 11.5 Å². The number of benzene rings is 1. The number of hydrogen-bond donors (Lipinski definition) is 2. The minimum atomic E-state index is -0.519. The molecule has 4 heterocycles. The molecule has 12 nitrogen and oxygen atoms in total. The topological polar surface area (TPSA) is 151 Å². The molecule has 0 bridgehead atoms. The van der Waals surface area contributed by atoms with E-state index < -0.39 is 6.09 Å².